The van der Waals surface area contributed by atoms with Gasteiger partial charge >= 0.3 is 0 Å². The Labute approximate surface area is 129 Å². The smallest absolute Gasteiger partial charge is 0.0593 e. The maximum absolute atomic E-state index is 5.77. The van der Waals surface area contributed by atoms with E-state index < -0.39 is 0 Å². The second-order valence-corrected chi connectivity index (χ2v) is 6.52. The van der Waals surface area contributed by atoms with E-state index in [0.29, 0.717) is 18.0 Å². The Morgan fingerprint density at radius 2 is 2.05 bits per heavy atom. The van der Waals surface area contributed by atoms with E-state index in [1.54, 1.807) is 0 Å². The molecule has 0 radical (unpaired) electrons. The summed E-state index contributed by atoms with van der Waals surface area (Å²) in [7, 11) is 0. The molecule has 3 nitrogen and oxygen atoms in total. The van der Waals surface area contributed by atoms with Crippen LogP contribution in [0.3, 0.4) is 0 Å². The Morgan fingerprint density at radius 3 is 2.76 bits per heavy atom. The number of benzene rings is 1. The minimum Gasteiger partial charge on any atom is -0.380 e. The van der Waals surface area contributed by atoms with Crippen molar-refractivity contribution < 1.29 is 4.74 Å². The van der Waals surface area contributed by atoms with Crippen LogP contribution < -0.4 is 5.32 Å². The number of hydrogen-bond donors (Lipinski definition) is 1. The van der Waals surface area contributed by atoms with Crippen LogP contribution >= 0.6 is 0 Å². The lowest BCUT2D eigenvalue weighted by atomic mass is 10.1. The number of hydrogen-bond acceptors (Lipinski definition) is 3. The van der Waals surface area contributed by atoms with Crippen LogP contribution in [0.25, 0.3) is 0 Å². The van der Waals surface area contributed by atoms with Gasteiger partial charge in [-0.3, -0.25) is 4.90 Å². The van der Waals surface area contributed by atoms with E-state index in [-0.39, 0.29) is 0 Å². The van der Waals surface area contributed by atoms with Crippen molar-refractivity contribution in [3.05, 3.63) is 35.9 Å². The number of ether oxygens (including phenoxy) is 1. The highest BCUT2D eigenvalue weighted by atomic mass is 16.5. The lowest BCUT2D eigenvalue weighted by molar-refractivity contribution is 0.0737. The largest absolute Gasteiger partial charge is 0.380 e. The Bertz CT molecular complexity index is 393. The second kappa shape index (κ2) is 8.52. The third-order valence-corrected chi connectivity index (χ3v) is 4.17. The first-order chi connectivity index (χ1) is 10.2. The van der Waals surface area contributed by atoms with Crippen molar-refractivity contribution in [1.82, 2.24) is 10.2 Å². The van der Waals surface area contributed by atoms with E-state index in [1.807, 2.05) is 0 Å². The maximum atomic E-state index is 5.77. The molecule has 2 rings (SSSR count). The average molecular weight is 290 g/mol. The van der Waals surface area contributed by atoms with E-state index in [2.05, 4.69) is 61.3 Å². The SMILES string of the molecule is CC(C)COCCN1CC(c2ccccc2)NCCC1C. The molecular formula is C18H30N2O. The van der Waals surface area contributed by atoms with Crippen LogP contribution in [0.4, 0.5) is 0 Å². The Hall–Kier alpha value is -0.900. The Balaban J connectivity index is 1.89. The van der Waals surface area contributed by atoms with Gasteiger partial charge in [0.15, 0.2) is 0 Å². The second-order valence-electron chi connectivity index (χ2n) is 6.52. The summed E-state index contributed by atoms with van der Waals surface area (Å²) in [5.74, 6) is 0.616. The van der Waals surface area contributed by atoms with E-state index in [0.717, 1.165) is 32.8 Å². The van der Waals surface area contributed by atoms with Gasteiger partial charge in [0.1, 0.15) is 0 Å². The van der Waals surface area contributed by atoms with Crippen LogP contribution in [0, 0.1) is 5.92 Å². The van der Waals surface area contributed by atoms with Crippen LogP contribution in [0.5, 0.6) is 0 Å². The molecule has 118 valence electrons. The Kier molecular flexibility index (Phi) is 6.68. The molecule has 3 heteroatoms. The van der Waals surface area contributed by atoms with Gasteiger partial charge in [0.2, 0.25) is 0 Å². The summed E-state index contributed by atoms with van der Waals surface area (Å²) in [6, 6.07) is 11.8. The van der Waals surface area contributed by atoms with E-state index in [9.17, 15) is 0 Å². The number of nitrogens with zero attached hydrogens (tertiary/aromatic N) is 1. The van der Waals surface area contributed by atoms with Crippen LogP contribution in [-0.2, 0) is 4.74 Å². The quantitative estimate of drug-likeness (QED) is 0.815. The van der Waals surface area contributed by atoms with Gasteiger partial charge in [-0.15, -0.1) is 0 Å². The van der Waals surface area contributed by atoms with Gasteiger partial charge in [-0.25, -0.2) is 0 Å². The first-order valence-electron chi connectivity index (χ1n) is 8.27. The van der Waals surface area contributed by atoms with Gasteiger partial charge < -0.3 is 10.1 Å². The Morgan fingerprint density at radius 1 is 1.29 bits per heavy atom. The summed E-state index contributed by atoms with van der Waals surface area (Å²) in [4.78, 5) is 2.57. The van der Waals surface area contributed by atoms with Crippen molar-refractivity contribution >= 4 is 0 Å². The molecule has 1 N–H and O–H groups in total. The van der Waals surface area contributed by atoms with Gasteiger partial charge in [0.25, 0.3) is 0 Å². The molecule has 0 spiro atoms. The minimum absolute atomic E-state index is 0.432. The standard InChI is InChI=1S/C18H30N2O/c1-15(2)14-21-12-11-20-13-18(19-10-9-16(20)3)17-7-5-4-6-8-17/h4-8,15-16,18-19H,9-14H2,1-3H3. The monoisotopic (exact) mass is 290 g/mol. The molecule has 0 aliphatic carbocycles. The lowest BCUT2D eigenvalue weighted by Crippen LogP contribution is -2.38. The zero-order valence-electron chi connectivity index (χ0n) is 13.7. The van der Waals surface area contributed by atoms with Gasteiger partial charge in [-0.05, 0) is 31.4 Å². The van der Waals surface area contributed by atoms with E-state index in [1.165, 1.54) is 12.0 Å². The molecule has 1 aliphatic heterocycles. The highest BCUT2D eigenvalue weighted by Crippen LogP contribution is 2.19. The molecule has 1 heterocycles. The van der Waals surface area contributed by atoms with Crippen molar-refractivity contribution in [1.29, 1.82) is 0 Å². The van der Waals surface area contributed by atoms with Gasteiger partial charge in [0.05, 0.1) is 6.61 Å². The van der Waals surface area contributed by atoms with Crippen LogP contribution in [0.2, 0.25) is 0 Å². The van der Waals surface area contributed by atoms with Crippen LogP contribution in [0.1, 0.15) is 38.8 Å². The van der Waals surface area contributed by atoms with Crippen molar-refractivity contribution in [2.45, 2.75) is 39.3 Å². The van der Waals surface area contributed by atoms with Gasteiger partial charge in [-0.1, -0.05) is 44.2 Å². The molecule has 1 aromatic rings. The molecule has 1 aromatic carbocycles. The number of rotatable bonds is 6. The third-order valence-electron chi connectivity index (χ3n) is 4.17. The predicted molar refractivity (Wildman–Crippen MR) is 88.5 cm³/mol. The van der Waals surface area contributed by atoms with Crippen LogP contribution in [-0.4, -0.2) is 43.8 Å². The molecule has 0 amide bonds. The van der Waals surface area contributed by atoms with Gasteiger partial charge in [-0.2, -0.15) is 0 Å². The average Bonchev–Trinajstić information content (AvgIpc) is 2.66. The predicted octanol–water partition coefficient (Wildman–Crippen LogP) is 3.08. The van der Waals surface area contributed by atoms with E-state index in [4.69, 9.17) is 4.74 Å². The minimum atomic E-state index is 0.432. The van der Waals surface area contributed by atoms with Crippen molar-refractivity contribution in [2.24, 2.45) is 5.92 Å². The maximum Gasteiger partial charge on any atom is 0.0593 e. The highest BCUT2D eigenvalue weighted by Gasteiger charge is 2.23. The zero-order chi connectivity index (χ0) is 15.1. The molecule has 1 aliphatic rings. The fourth-order valence-electron chi connectivity index (χ4n) is 2.85. The molecule has 0 saturated carbocycles. The first-order valence-corrected chi connectivity index (χ1v) is 8.27. The molecule has 0 aromatic heterocycles. The van der Waals surface area contributed by atoms with E-state index >= 15 is 0 Å². The fourth-order valence-corrected chi connectivity index (χ4v) is 2.85. The molecule has 2 unspecified atom stereocenters. The van der Waals surface area contributed by atoms with Gasteiger partial charge in [0, 0.05) is 31.8 Å². The normalized spacial score (nSPS) is 24.2. The summed E-state index contributed by atoms with van der Waals surface area (Å²) < 4.78 is 5.77. The number of nitrogens with one attached hydrogen (secondary N) is 1. The van der Waals surface area contributed by atoms with Crippen molar-refractivity contribution in [3.8, 4) is 0 Å². The summed E-state index contributed by atoms with van der Waals surface area (Å²) in [6.45, 7) is 11.6. The topological polar surface area (TPSA) is 24.5 Å². The summed E-state index contributed by atoms with van der Waals surface area (Å²) in [5, 5.41) is 3.68. The van der Waals surface area contributed by atoms with Crippen molar-refractivity contribution in [2.75, 3.05) is 32.8 Å². The zero-order valence-corrected chi connectivity index (χ0v) is 13.7. The molecule has 21 heavy (non-hydrogen) atoms. The summed E-state index contributed by atoms with van der Waals surface area (Å²) >= 11 is 0. The summed E-state index contributed by atoms with van der Waals surface area (Å²) in [5.41, 5.74) is 1.39. The van der Waals surface area contributed by atoms with Crippen LogP contribution in [0.15, 0.2) is 30.3 Å². The summed E-state index contributed by atoms with van der Waals surface area (Å²) in [6.07, 6.45) is 1.20. The highest BCUT2D eigenvalue weighted by molar-refractivity contribution is 5.19. The third kappa shape index (κ3) is 5.42. The first kappa shape index (κ1) is 16.5. The molecule has 1 fully saturated rings. The molecule has 2 atom stereocenters. The molecular weight excluding hydrogens is 260 g/mol. The van der Waals surface area contributed by atoms with Crippen molar-refractivity contribution in [3.63, 3.8) is 0 Å². The fraction of sp³-hybridized carbons (Fsp3) is 0.667. The lowest BCUT2D eigenvalue weighted by Gasteiger charge is -2.29. The molecule has 1 saturated heterocycles. The molecule has 0 bridgehead atoms.